The van der Waals surface area contributed by atoms with Crippen molar-refractivity contribution >= 4 is 0 Å². The van der Waals surface area contributed by atoms with E-state index < -0.39 is 0 Å². The van der Waals surface area contributed by atoms with Gasteiger partial charge in [0.25, 0.3) is 0 Å². The van der Waals surface area contributed by atoms with Gasteiger partial charge in [-0.2, -0.15) is 0 Å². The third-order valence-electron chi connectivity index (χ3n) is 3.11. The molecule has 26 heavy (non-hydrogen) atoms. The fourth-order valence-corrected chi connectivity index (χ4v) is 1.84. The third-order valence-corrected chi connectivity index (χ3v) is 3.11. The summed E-state index contributed by atoms with van der Waals surface area (Å²) in [7, 11) is 0. The Kier molecular flexibility index (Phi) is 19.3. The molecule has 0 fully saturated rings. The van der Waals surface area contributed by atoms with Crippen molar-refractivity contribution in [2.24, 2.45) is 0 Å². The minimum Gasteiger partial charge on any atom is -0.379 e. The molecular formula is C19H41NO6. The van der Waals surface area contributed by atoms with E-state index in [0.29, 0.717) is 72.7 Å². The predicted molar refractivity (Wildman–Crippen MR) is 103 cm³/mol. The second kappa shape index (κ2) is 19.5. The van der Waals surface area contributed by atoms with Crippen LogP contribution >= 0.6 is 0 Å². The number of nitrogens with one attached hydrogen (secondary N) is 1. The van der Waals surface area contributed by atoms with Crippen LogP contribution in [0.2, 0.25) is 0 Å². The van der Waals surface area contributed by atoms with Crippen LogP contribution in [-0.2, 0) is 28.4 Å². The molecule has 0 saturated carbocycles. The first-order valence-corrected chi connectivity index (χ1v) is 9.77. The van der Waals surface area contributed by atoms with Gasteiger partial charge in [-0.15, -0.1) is 0 Å². The molecule has 7 nitrogen and oxygen atoms in total. The van der Waals surface area contributed by atoms with Crippen LogP contribution in [0.1, 0.15) is 34.1 Å². The highest BCUT2D eigenvalue weighted by atomic mass is 16.6. The summed E-state index contributed by atoms with van der Waals surface area (Å²) in [6, 6.07) is 0. The van der Waals surface area contributed by atoms with E-state index in [1.807, 2.05) is 0 Å². The summed E-state index contributed by atoms with van der Waals surface area (Å²) in [5.41, 5.74) is 0.136. The van der Waals surface area contributed by atoms with Crippen LogP contribution in [0.25, 0.3) is 0 Å². The van der Waals surface area contributed by atoms with Gasteiger partial charge in [0.05, 0.1) is 72.7 Å². The van der Waals surface area contributed by atoms with E-state index in [-0.39, 0.29) is 5.54 Å². The molecule has 7 heteroatoms. The lowest BCUT2D eigenvalue weighted by molar-refractivity contribution is -0.0166. The molecule has 0 aliphatic carbocycles. The standard InChI is InChI=1S/C19H41NO6/c1-5-7-21-9-11-23-13-15-25-17-18-26-16-14-24-12-10-22-8-6-20-19(2,3)4/h20H,5-18H2,1-4H3. The molecule has 1 N–H and O–H groups in total. The van der Waals surface area contributed by atoms with Crippen LogP contribution in [0.3, 0.4) is 0 Å². The van der Waals surface area contributed by atoms with Gasteiger partial charge in [-0.3, -0.25) is 0 Å². The number of hydrogen-bond donors (Lipinski definition) is 1. The molecular weight excluding hydrogens is 338 g/mol. The Morgan fingerprint density at radius 3 is 1.12 bits per heavy atom. The molecule has 0 aliphatic heterocycles. The number of hydrogen-bond acceptors (Lipinski definition) is 7. The first-order chi connectivity index (χ1) is 12.6. The van der Waals surface area contributed by atoms with Gasteiger partial charge in [0.2, 0.25) is 0 Å². The maximum Gasteiger partial charge on any atom is 0.0701 e. The van der Waals surface area contributed by atoms with Crippen LogP contribution in [-0.4, -0.2) is 91.4 Å². The lowest BCUT2D eigenvalue weighted by atomic mass is 10.1. The summed E-state index contributed by atoms with van der Waals surface area (Å²) >= 11 is 0. The summed E-state index contributed by atoms with van der Waals surface area (Å²) in [6.07, 6.45) is 1.04. The Balaban J connectivity index is 3.01. The Morgan fingerprint density at radius 1 is 0.500 bits per heavy atom. The van der Waals surface area contributed by atoms with Crippen molar-refractivity contribution in [3.05, 3.63) is 0 Å². The molecule has 0 spiro atoms. The summed E-state index contributed by atoms with van der Waals surface area (Å²) in [5.74, 6) is 0. The van der Waals surface area contributed by atoms with Crippen LogP contribution in [0.15, 0.2) is 0 Å². The summed E-state index contributed by atoms with van der Waals surface area (Å²) < 4.78 is 32.4. The lowest BCUT2D eigenvalue weighted by Gasteiger charge is -2.20. The van der Waals surface area contributed by atoms with Gasteiger partial charge in [-0.05, 0) is 27.2 Å². The molecule has 0 aromatic rings. The van der Waals surface area contributed by atoms with Crippen molar-refractivity contribution in [3.63, 3.8) is 0 Å². The topological polar surface area (TPSA) is 67.4 Å². The molecule has 0 aliphatic rings. The molecule has 0 saturated heterocycles. The molecule has 0 aromatic heterocycles. The maximum absolute atomic E-state index is 5.48. The molecule has 158 valence electrons. The zero-order chi connectivity index (χ0) is 19.3. The average molecular weight is 380 g/mol. The van der Waals surface area contributed by atoms with Gasteiger partial charge in [-0.25, -0.2) is 0 Å². The molecule has 0 amide bonds. The lowest BCUT2D eigenvalue weighted by Crippen LogP contribution is -2.38. The number of ether oxygens (including phenoxy) is 6. The van der Waals surface area contributed by atoms with E-state index in [0.717, 1.165) is 19.6 Å². The highest BCUT2D eigenvalue weighted by Gasteiger charge is 2.06. The fourth-order valence-electron chi connectivity index (χ4n) is 1.84. The van der Waals surface area contributed by atoms with Crippen molar-refractivity contribution in [3.8, 4) is 0 Å². The first kappa shape index (κ1) is 25.7. The van der Waals surface area contributed by atoms with Gasteiger partial charge in [0, 0.05) is 18.7 Å². The minimum absolute atomic E-state index is 0.136. The highest BCUT2D eigenvalue weighted by molar-refractivity contribution is 4.69. The van der Waals surface area contributed by atoms with E-state index in [4.69, 9.17) is 28.4 Å². The second-order valence-electron chi connectivity index (χ2n) is 6.85. The van der Waals surface area contributed by atoms with Crippen LogP contribution in [0, 0.1) is 0 Å². The molecule has 0 radical (unpaired) electrons. The van der Waals surface area contributed by atoms with E-state index in [1.54, 1.807) is 0 Å². The Labute approximate surface area is 160 Å². The monoisotopic (exact) mass is 379 g/mol. The SMILES string of the molecule is CCCOCCOCCOCCOCCOCCOCCNC(C)(C)C. The zero-order valence-electron chi connectivity index (χ0n) is 17.3. The summed E-state index contributed by atoms with van der Waals surface area (Å²) in [4.78, 5) is 0. The Morgan fingerprint density at radius 2 is 0.808 bits per heavy atom. The maximum atomic E-state index is 5.48. The largest absolute Gasteiger partial charge is 0.379 e. The van der Waals surface area contributed by atoms with E-state index in [1.165, 1.54) is 0 Å². The van der Waals surface area contributed by atoms with Crippen molar-refractivity contribution in [1.29, 1.82) is 0 Å². The van der Waals surface area contributed by atoms with E-state index >= 15 is 0 Å². The second-order valence-corrected chi connectivity index (χ2v) is 6.85. The smallest absolute Gasteiger partial charge is 0.0701 e. The number of rotatable bonds is 20. The predicted octanol–water partition coefficient (Wildman–Crippen LogP) is 1.88. The Hall–Kier alpha value is -0.280. The first-order valence-electron chi connectivity index (χ1n) is 9.77. The highest BCUT2D eigenvalue weighted by Crippen LogP contribution is 1.96. The Bertz CT molecular complexity index is 273. The zero-order valence-corrected chi connectivity index (χ0v) is 17.3. The van der Waals surface area contributed by atoms with Crippen LogP contribution in [0.4, 0.5) is 0 Å². The molecule has 0 unspecified atom stereocenters. The van der Waals surface area contributed by atoms with Gasteiger partial charge in [-0.1, -0.05) is 6.92 Å². The normalized spacial score (nSPS) is 12.0. The molecule has 0 rings (SSSR count). The van der Waals surface area contributed by atoms with Crippen molar-refractivity contribution in [2.75, 3.05) is 85.8 Å². The quantitative estimate of drug-likeness (QED) is 0.324. The van der Waals surface area contributed by atoms with E-state index in [9.17, 15) is 0 Å². The van der Waals surface area contributed by atoms with Gasteiger partial charge in [0.15, 0.2) is 0 Å². The van der Waals surface area contributed by atoms with Gasteiger partial charge < -0.3 is 33.7 Å². The van der Waals surface area contributed by atoms with E-state index in [2.05, 4.69) is 33.0 Å². The molecule has 0 aromatic carbocycles. The van der Waals surface area contributed by atoms with Gasteiger partial charge in [0.1, 0.15) is 0 Å². The summed E-state index contributed by atoms with van der Waals surface area (Å²) in [5, 5.41) is 3.37. The van der Waals surface area contributed by atoms with Crippen LogP contribution < -0.4 is 5.32 Å². The minimum atomic E-state index is 0.136. The third kappa shape index (κ3) is 23.7. The van der Waals surface area contributed by atoms with Crippen molar-refractivity contribution < 1.29 is 28.4 Å². The van der Waals surface area contributed by atoms with Crippen molar-refractivity contribution in [1.82, 2.24) is 5.32 Å². The van der Waals surface area contributed by atoms with Crippen molar-refractivity contribution in [2.45, 2.75) is 39.7 Å². The summed E-state index contributed by atoms with van der Waals surface area (Å²) in [6.45, 7) is 16.8. The van der Waals surface area contributed by atoms with Gasteiger partial charge >= 0.3 is 0 Å². The average Bonchev–Trinajstić information content (AvgIpc) is 2.59. The van der Waals surface area contributed by atoms with Crippen LogP contribution in [0.5, 0.6) is 0 Å². The molecule has 0 heterocycles. The molecule has 0 atom stereocenters. The molecule has 0 bridgehead atoms. The fraction of sp³-hybridized carbons (Fsp3) is 1.00.